The Labute approximate surface area is 105 Å². The summed E-state index contributed by atoms with van der Waals surface area (Å²) in [5, 5.41) is 13.7. The highest BCUT2D eigenvalue weighted by Crippen LogP contribution is 2.29. The minimum Gasteiger partial charge on any atom is -0.388 e. The van der Waals surface area contributed by atoms with Crippen molar-refractivity contribution in [3.8, 4) is 0 Å². The van der Waals surface area contributed by atoms with Crippen LogP contribution in [-0.2, 0) is 0 Å². The van der Waals surface area contributed by atoms with Gasteiger partial charge >= 0.3 is 0 Å². The summed E-state index contributed by atoms with van der Waals surface area (Å²) in [6.45, 7) is 5.71. The molecule has 2 unspecified atom stereocenters. The average Bonchev–Trinajstić information content (AvgIpc) is 2.94. The lowest BCUT2D eigenvalue weighted by Crippen LogP contribution is -2.48. The first kappa shape index (κ1) is 13.3. The van der Waals surface area contributed by atoms with Crippen molar-refractivity contribution in [2.45, 2.75) is 43.9 Å². The van der Waals surface area contributed by atoms with Gasteiger partial charge in [-0.2, -0.15) is 0 Å². The zero-order chi connectivity index (χ0) is 12.5. The van der Waals surface area contributed by atoms with E-state index >= 15 is 0 Å². The van der Waals surface area contributed by atoms with Gasteiger partial charge in [-0.15, -0.1) is 0 Å². The molecule has 1 aliphatic heterocycles. The van der Waals surface area contributed by atoms with Crippen LogP contribution in [0.25, 0.3) is 0 Å². The van der Waals surface area contributed by atoms with Crippen molar-refractivity contribution in [2.24, 2.45) is 0 Å². The van der Waals surface area contributed by atoms with Crippen molar-refractivity contribution in [3.63, 3.8) is 0 Å². The summed E-state index contributed by atoms with van der Waals surface area (Å²) in [4.78, 5) is 4.63. The Morgan fingerprint density at radius 1 is 1.35 bits per heavy atom. The third-order valence-corrected chi connectivity index (χ3v) is 3.71. The molecule has 0 aromatic carbocycles. The fraction of sp³-hybridized carbons (Fsp3) is 1.00. The largest absolute Gasteiger partial charge is 0.388 e. The number of likely N-dealkylation sites (N-methyl/N-ethyl adjacent to an activating group) is 1. The maximum absolute atomic E-state index is 10.2. The van der Waals surface area contributed by atoms with Crippen molar-refractivity contribution in [2.75, 3.05) is 40.3 Å². The van der Waals surface area contributed by atoms with Gasteiger partial charge in [0, 0.05) is 38.3 Å². The molecular weight excluding hydrogens is 214 g/mol. The molecule has 0 aromatic heterocycles. The highest BCUT2D eigenvalue weighted by atomic mass is 16.3. The summed E-state index contributed by atoms with van der Waals surface area (Å²) in [6, 6.07) is 1.45. The van der Waals surface area contributed by atoms with E-state index in [2.05, 4.69) is 10.2 Å². The number of rotatable bonds is 6. The molecule has 17 heavy (non-hydrogen) atoms. The summed E-state index contributed by atoms with van der Waals surface area (Å²) in [7, 11) is 4.00. The van der Waals surface area contributed by atoms with Gasteiger partial charge in [-0.25, -0.2) is 0 Å². The van der Waals surface area contributed by atoms with Crippen LogP contribution in [0.2, 0.25) is 0 Å². The summed E-state index contributed by atoms with van der Waals surface area (Å²) >= 11 is 0. The lowest BCUT2D eigenvalue weighted by molar-refractivity contribution is 0.0315. The number of nitrogens with one attached hydrogen (secondary N) is 1. The van der Waals surface area contributed by atoms with Gasteiger partial charge in [-0.05, 0) is 40.3 Å². The zero-order valence-electron chi connectivity index (χ0n) is 11.4. The van der Waals surface area contributed by atoms with Crippen molar-refractivity contribution < 1.29 is 5.11 Å². The van der Waals surface area contributed by atoms with Gasteiger partial charge in [0.1, 0.15) is 0 Å². The topological polar surface area (TPSA) is 38.7 Å². The summed E-state index contributed by atoms with van der Waals surface area (Å²) in [5.74, 6) is 0. The van der Waals surface area contributed by atoms with Crippen LogP contribution in [0.5, 0.6) is 0 Å². The molecule has 2 N–H and O–H groups in total. The molecule has 1 heterocycles. The van der Waals surface area contributed by atoms with E-state index in [-0.39, 0.29) is 0 Å². The van der Waals surface area contributed by atoms with Gasteiger partial charge in [0.25, 0.3) is 0 Å². The molecule has 1 saturated carbocycles. The number of hydrogen-bond donors (Lipinski definition) is 2. The molecule has 2 rings (SSSR count). The molecule has 0 radical (unpaired) electrons. The van der Waals surface area contributed by atoms with E-state index < -0.39 is 5.60 Å². The number of nitrogens with zero attached hydrogens (tertiary/aromatic N) is 2. The van der Waals surface area contributed by atoms with Crippen LogP contribution in [0.15, 0.2) is 0 Å². The van der Waals surface area contributed by atoms with Gasteiger partial charge in [0.15, 0.2) is 0 Å². The van der Waals surface area contributed by atoms with Crippen molar-refractivity contribution >= 4 is 0 Å². The van der Waals surface area contributed by atoms with E-state index in [1.165, 1.54) is 32.4 Å². The molecule has 0 spiro atoms. The first-order chi connectivity index (χ1) is 7.96. The maximum atomic E-state index is 10.2. The molecule has 2 fully saturated rings. The average molecular weight is 241 g/mol. The Morgan fingerprint density at radius 2 is 2.06 bits per heavy atom. The second-order valence-electron chi connectivity index (χ2n) is 6.33. The SMILES string of the molecule is CN(C)CC(C)(O)CNC1CCN(C2CC2)C1. The van der Waals surface area contributed by atoms with Crippen LogP contribution in [0.3, 0.4) is 0 Å². The normalized spacial score (nSPS) is 29.8. The molecule has 1 saturated heterocycles. The Bertz CT molecular complexity index is 251. The predicted molar refractivity (Wildman–Crippen MR) is 70.2 cm³/mol. The second-order valence-corrected chi connectivity index (χ2v) is 6.33. The van der Waals surface area contributed by atoms with E-state index in [4.69, 9.17) is 0 Å². The van der Waals surface area contributed by atoms with Crippen molar-refractivity contribution in [3.05, 3.63) is 0 Å². The number of aliphatic hydroxyl groups is 1. The van der Waals surface area contributed by atoms with E-state index in [0.717, 1.165) is 6.04 Å². The monoisotopic (exact) mass is 241 g/mol. The Kier molecular flexibility index (Phi) is 4.08. The molecule has 1 aliphatic carbocycles. The fourth-order valence-electron chi connectivity index (χ4n) is 2.83. The first-order valence-corrected chi connectivity index (χ1v) is 6.81. The van der Waals surface area contributed by atoms with Crippen LogP contribution in [0.1, 0.15) is 26.2 Å². The van der Waals surface area contributed by atoms with Crippen LogP contribution in [0.4, 0.5) is 0 Å². The first-order valence-electron chi connectivity index (χ1n) is 6.81. The summed E-state index contributed by atoms with van der Waals surface area (Å²) in [5.41, 5.74) is -0.628. The molecule has 4 nitrogen and oxygen atoms in total. The minimum atomic E-state index is -0.628. The Morgan fingerprint density at radius 3 is 2.65 bits per heavy atom. The minimum absolute atomic E-state index is 0.573. The predicted octanol–water partition coefficient (Wildman–Crippen LogP) is 0.125. The maximum Gasteiger partial charge on any atom is 0.0869 e. The van der Waals surface area contributed by atoms with Crippen LogP contribution >= 0.6 is 0 Å². The molecule has 0 amide bonds. The zero-order valence-corrected chi connectivity index (χ0v) is 11.4. The van der Waals surface area contributed by atoms with Gasteiger partial charge in [-0.1, -0.05) is 0 Å². The number of likely N-dealkylation sites (tertiary alicyclic amines) is 1. The van der Waals surface area contributed by atoms with E-state index in [0.29, 0.717) is 19.1 Å². The molecule has 0 bridgehead atoms. The lowest BCUT2D eigenvalue weighted by atomic mass is 10.1. The van der Waals surface area contributed by atoms with Gasteiger partial charge in [-0.3, -0.25) is 4.90 Å². The van der Waals surface area contributed by atoms with Crippen molar-refractivity contribution in [1.82, 2.24) is 15.1 Å². The van der Waals surface area contributed by atoms with Gasteiger partial charge in [0.2, 0.25) is 0 Å². The third kappa shape index (κ3) is 4.21. The molecule has 0 aromatic rings. The van der Waals surface area contributed by atoms with Gasteiger partial charge in [0.05, 0.1) is 5.60 Å². The smallest absolute Gasteiger partial charge is 0.0869 e. The molecule has 2 aliphatic rings. The van der Waals surface area contributed by atoms with E-state index in [1.807, 2.05) is 25.9 Å². The highest BCUT2D eigenvalue weighted by Gasteiger charge is 2.34. The van der Waals surface area contributed by atoms with Crippen molar-refractivity contribution in [1.29, 1.82) is 0 Å². The fourth-order valence-corrected chi connectivity index (χ4v) is 2.83. The Hall–Kier alpha value is -0.160. The van der Waals surface area contributed by atoms with E-state index in [1.54, 1.807) is 0 Å². The van der Waals surface area contributed by atoms with E-state index in [9.17, 15) is 5.11 Å². The lowest BCUT2D eigenvalue weighted by Gasteiger charge is -2.28. The Balaban J connectivity index is 1.67. The molecule has 4 heteroatoms. The highest BCUT2D eigenvalue weighted by molar-refractivity contribution is 4.92. The van der Waals surface area contributed by atoms with Crippen LogP contribution < -0.4 is 5.32 Å². The standard InChI is InChI=1S/C13H27N3O/c1-13(17,10-15(2)3)9-14-11-6-7-16(8-11)12-4-5-12/h11-12,14,17H,4-10H2,1-3H3. The molecular formula is C13H27N3O. The quantitative estimate of drug-likeness (QED) is 0.693. The molecule has 100 valence electrons. The van der Waals surface area contributed by atoms with Gasteiger partial charge < -0.3 is 15.3 Å². The summed E-state index contributed by atoms with van der Waals surface area (Å²) in [6.07, 6.45) is 4.02. The third-order valence-electron chi connectivity index (χ3n) is 3.71. The summed E-state index contributed by atoms with van der Waals surface area (Å²) < 4.78 is 0. The molecule has 2 atom stereocenters. The van der Waals surface area contributed by atoms with Crippen LogP contribution in [0, 0.1) is 0 Å². The van der Waals surface area contributed by atoms with Crippen LogP contribution in [-0.4, -0.2) is 72.9 Å². The number of hydrogen-bond acceptors (Lipinski definition) is 4. The second kappa shape index (κ2) is 5.22.